The summed E-state index contributed by atoms with van der Waals surface area (Å²) in [5.74, 6) is 1.89. The molecule has 0 spiro atoms. The van der Waals surface area contributed by atoms with Crippen LogP contribution in [0.5, 0.6) is 0 Å². The van der Waals surface area contributed by atoms with Gasteiger partial charge in [-0.05, 0) is 24.6 Å². The summed E-state index contributed by atoms with van der Waals surface area (Å²) in [6.45, 7) is 11.2. The van der Waals surface area contributed by atoms with Gasteiger partial charge in [0.05, 0.1) is 0 Å². The van der Waals surface area contributed by atoms with Gasteiger partial charge >= 0.3 is 0 Å². The minimum Gasteiger partial charge on any atom is -0.356 e. The van der Waals surface area contributed by atoms with Crippen molar-refractivity contribution in [2.45, 2.75) is 32.7 Å². The Morgan fingerprint density at radius 1 is 1.36 bits per heavy atom. The SMILES string of the molecule is C=CCNC(=NCc1nnc(C)n1C)NCC(C)(C)c1ccc(F)cc1Cl.I. The highest BCUT2D eigenvalue weighted by atomic mass is 127. The van der Waals surface area contributed by atoms with E-state index < -0.39 is 0 Å². The van der Waals surface area contributed by atoms with Gasteiger partial charge in [0.2, 0.25) is 0 Å². The first-order chi connectivity index (χ1) is 12.7. The Morgan fingerprint density at radius 3 is 2.64 bits per heavy atom. The molecule has 0 fully saturated rings. The topological polar surface area (TPSA) is 67.1 Å². The molecule has 1 aromatic carbocycles. The van der Waals surface area contributed by atoms with E-state index in [4.69, 9.17) is 11.6 Å². The number of nitrogens with one attached hydrogen (secondary N) is 2. The Balaban J connectivity index is 0.00000392. The minimum absolute atomic E-state index is 0. The van der Waals surface area contributed by atoms with E-state index in [0.717, 1.165) is 17.2 Å². The smallest absolute Gasteiger partial charge is 0.191 e. The summed E-state index contributed by atoms with van der Waals surface area (Å²) in [6, 6.07) is 4.47. The van der Waals surface area contributed by atoms with Crippen LogP contribution in [0.15, 0.2) is 35.8 Å². The van der Waals surface area contributed by atoms with Crippen LogP contribution in [0.4, 0.5) is 4.39 Å². The second-order valence-corrected chi connectivity index (χ2v) is 7.33. The van der Waals surface area contributed by atoms with E-state index in [9.17, 15) is 4.39 Å². The summed E-state index contributed by atoms with van der Waals surface area (Å²) in [7, 11) is 1.91. The predicted molar refractivity (Wildman–Crippen MR) is 123 cm³/mol. The number of aromatic nitrogens is 3. The lowest BCUT2D eigenvalue weighted by Gasteiger charge is -2.27. The quantitative estimate of drug-likeness (QED) is 0.253. The van der Waals surface area contributed by atoms with E-state index >= 15 is 0 Å². The molecule has 0 radical (unpaired) electrons. The molecule has 0 bridgehead atoms. The maximum atomic E-state index is 13.3. The fraction of sp³-hybridized carbons (Fsp3) is 0.421. The molecule has 1 heterocycles. The minimum atomic E-state index is -0.346. The third-order valence-corrected chi connectivity index (χ3v) is 4.65. The molecule has 1 aromatic heterocycles. The van der Waals surface area contributed by atoms with Crippen LogP contribution in [0, 0.1) is 12.7 Å². The summed E-state index contributed by atoms with van der Waals surface area (Å²) >= 11 is 6.23. The van der Waals surface area contributed by atoms with Crippen molar-refractivity contribution >= 4 is 41.5 Å². The Bertz CT molecular complexity index is 834. The van der Waals surface area contributed by atoms with Crippen LogP contribution in [0.3, 0.4) is 0 Å². The van der Waals surface area contributed by atoms with E-state index in [0.29, 0.717) is 30.6 Å². The van der Waals surface area contributed by atoms with Gasteiger partial charge in [-0.25, -0.2) is 9.38 Å². The van der Waals surface area contributed by atoms with Crippen LogP contribution < -0.4 is 10.6 Å². The highest BCUT2D eigenvalue weighted by Gasteiger charge is 2.24. The van der Waals surface area contributed by atoms with Crippen molar-refractivity contribution in [1.29, 1.82) is 0 Å². The molecule has 0 aliphatic rings. The molecule has 9 heteroatoms. The van der Waals surface area contributed by atoms with Crippen molar-refractivity contribution in [3.8, 4) is 0 Å². The van der Waals surface area contributed by atoms with Crippen LogP contribution in [0.1, 0.15) is 31.1 Å². The Kier molecular flexibility index (Phi) is 9.35. The molecule has 0 aliphatic carbocycles. The van der Waals surface area contributed by atoms with E-state index in [1.54, 1.807) is 12.1 Å². The number of benzene rings is 1. The number of halogens is 3. The molecule has 0 aliphatic heterocycles. The third-order valence-electron chi connectivity index (χ3n) is 4.33. The number of hydrogen-bond donors (Lipinski definition) is 2. The number of aliphatic imine (C=N–C) groups is 1. The number of aryl methyl sites for hydroxylation is 1. The van der Waals surface area contributed by atoms with Gasteiger partial charge in [-0.2, -0.15) is 0 Å². The van der Waals surface area contributed by atoms with Crippen LogP contribution in [0.25, 0.3) is 0 Å². The standard InChI is InChI=1S/C19H26ClFN6.HI/c1-6-9-22-18(23-11-17-26-25-13(2)27(17)5)24-12-19(3,4)15-8-7-14(21)10-16(15)20;/h6-8,10H,1,9,11-12H2,2-5H3,(H2,22,23,24);1H. The molecule has 0 unspecified atom stereocenters. The predicted octanol–water partition coefficient (Wildman–Crippen LogP) is 3.73. The van der Waals surface area contributed by atoms with Gasteiger partial charge in [0.15, 0.2) is 11.8 Å². The number of rotatable bonds is 7. The summed E-state index contributed by atoms with van der Waals surface area (Å²) in [5, 5.41) is 15.1. The zero-order valence-electron chi connectivity index (χ0n) is 16.6. The Labute approximate surface area is 187 Å². The zero-order valence-corrected chi connectivity index (χ0v) is 19.7. The summed E-state index contributed by atoms with van der Waals surface area (Å²) in [4.78, 5) is 4.57. The molecular weight excluding hydrogens is 494 g/mol. The first-order valence-electron chi connectivity index (χ1n) is 8.68. The highest BCUT2D eigenvalue weighted by Crippen LogP contribution is 2.29. The van der Waals surface area contributed by atoms with Crippen molar-refractivity contribution in [2.24, 2.45) is 12.0 Å². The van der Waals surface area contributed by atoms with Crippen molar-refractivity contribution in [1.82, 2.24) is 25.4 Å². The molecule has 6 nitrogen and oxygen atoms in total. The van der Waals surface area contributed by atoms with Crippen molar-refractivity contribution < 1.29 is 4.39 Å². The maximum Gasteiger partial charge on any atom is 0.191 e. The molecule has 0 atom stereocenters. The largest absolute Gasteiger partial charge is 0.356 e. The van der Waals surface area contributed by atoms with E-state index in [1.165, 1.54) is 12.1 Å². The van der Waals surface area contributed by atoms with Gasteiger partial charge in [-0.1, -0.05) is 37.6 Å². The van der Waals surface area contributed by atoms with Gasteiger partial charge in [0.25, 0.3) is 0 Å². The van der Waals surface area contributed by atoms with Gasteiger partial charge in [-0.3, -0.25) is 0 Å². The molecule has 0 amide bonds. The lowest BCUT2D eigenvalue weighted by molar-refractivity contribution is 0.507. The van der Waals surface area contributed by atoms with E-state index in [1.807, 2.05) is 32.4 Å². The first-order valence-corrected chi connectivity index (χ1v) is 9.06. The lowest BCUT2D eigenvalue weighted by Crippen LogP contribution is -2.43. The van der Waals surface area contributed by atoms with E-state index in [-0.39, 0.29) is 35.2 Å². The molecule has 2 rings (SSSR count). The average molecular weight is 521 g/mol. The number of hydrogen-bond acceptors (Lipinski definition) is 3. The second kappa shape index (κ2) is 10.8. The molecule has 2 aromatic rings. The van der Waals surface area contributed by atoms with Crippen molar-refractivity contribution in [3.63, 3.8) is 0 Å². The Hall–Kier alpha value is -1.68. The zero-order chi connectivity index (χ0) is 20.0. The fourth-order valence-electron chi connectivity index (χ4n) is 2.52. The van der Waals surface area contributed by atoms with Crippen molar-refractivity contribution in [3.05, 3.63) is 58.9 Å². The van der Waals surface area contributed by atoms with Crippen molar-refractivity contribution in [2.75, 3.05) is 13.1 Å². The molecule has 0 saturated heterocycles. The molecule has 154 valence electrons. The number of guanidine groups is 1. The molecule has 2 N–H and O–H groups in total. The van der Waals surface area contributed by atoms with Crippen LogP contribution >= 0.6 is 35.6 Å². The number of nitrogens with zero attached hydrogens (tertiary/aromatic N) is 4. The highest BCUT2D eigenvalue weighted by molar-refractivity contribution is 14.0. The fourth-order valence-corrected chi connectivity index (χ4v) is 2.94. The monoisotopic (exact) mass is 520 g/mol. The van der Waals surface area contributed by atoms with Crippen LogP contribution in [0.2, 0.25) is 5.02 Å². The third kappa shape index (κ3) is 6.44. The molecule has 0 saturated carbocycles. The van der Waals surface area contributed by atoms with Gasteiger partial charge in [0, 0.05) is 30.6 Å². The van der Waals surface area contributed by atoms with Crippen LogP contribution in [-0.2, 0) is 19.0 Å². The summed E-state index contributed by atoms with van der Waals surface area (Å²) in [5.41, 5.74) is 0.535. The second-order valence-electron chi connectivity index (χ2n) is 6.92. The molecule has 28 heavy (non-hydrogen) atoms. The normalized spacial score (nSPS) is 11.7. The van der Waals surface area contributed by atoms with Gasteiger partial charge in [0.1, 0.15) is 18.2 Å². The van der Waals surface area contributed by atoms with E-state index in [2.05, 4.69) is 32.4 Å². The van der Waals surface area contributed by atoms with Crippen LogP contribution in [-0.4, -0.2) is 33.8 Å². The maximum absolute atomic E-state index is 13.3. The first kappa shape index (κ1) is 24.4. The Morgan fingerprint density at radius 2 is 2.07 bits per heavy atom. The average Bonchev–Trinajstić information content (AvgIpc) is 2.92. The summed E-state index contributed by atoms with van der Waals surface area (Å²) in [6.07, 6.45) is 1.76. The lowest BCUT2D eigenvalue weighted by atomic mass is 9.84. The van der Waals surface area contributed by atoms with Gasteiger partial charge < -0.3 is 15.2 Å². The summed E-state index contributed by atoms with van der Waals surface area (Å²) < 4.78 is 15.2. The molecular formula is C19H27ClFIN6. The van der Waals surface area contributed by atoms with Gasteiger partial charge in [-0.15, -0.1) is 40.8 Å².